The Morgan fingerprint density at radius 2 is 2.00 bits per heavy atom. The predicted molar refractivity (Wildman–Crippen MR) is 99.6 cm³/mol. The Morgan fingerprint density at radius 1 is 1.28 bits per heavy atom. The zero-order valence-electron chi connectivity index (χ0n) is 14.4. The van der Waals surface area contributed by atoms with Gasteiger partial charge in [0.15, 0.2) is 0 Å². The second kappa shape index (κ2) is 7.27. The summed E-state index contributed by atoms with van der Waals surface area (Å²) in [6, 6.07) is 7.01. The summed E-state index contributed by atoms with van der Waals surface area (Å²) in [4.78, 5) is 25.5. The molecule has 0 fully saturated rings. The number of carbonyl (C=O) groups excluding carboxylic acids is 2. The van der Waals surface area contributed by atoms with Gasteiger partial charge in [0.2, 0.25) is 0 Å². The second-order valence-electron chi connectivity index (χ2n) is 6.24. The number of nitrogens with two attached hydrogens (primary N) is 1. The van der Waals surface area contributed by atoms with E-state index < -0.39 is 5.91 Å². The van der Waals surface area contributed by atoms with E-state index in [2.05, 4.69) is 12.2 Å². The van der Waals surface area contributed by atoms with Crippen LogP contribution in [0.2, 0.25) is 0 Å². The Kier molecular flexibility index (Phi) is 5.08. The van der Waals surface area contributed by atoms with Gasteiger partial charge in [0.25, 0.3) is 11.8 Å². The number of benzene rings is 1. The van der Waals surface area contributed by atoms with Gasteiger partial charge in [0.05, 0.1) is 11.7 Å². The summed E-state index contributed by atoms with van der Waals surface area (Å²) >= 11 is 1.46. The van der Waals surface area contributed by atoms with Gasteiger partial charge in [-0.05, 0) is 62.4 Å². The van der Waals surface area contributed by atoms with E-state index in [0.29, 0.717) is 16.1 Å². The van der Waals surface area contributed by atoms with Crippen molar-refractivity contribution in [3.05, 3.63) is 45.8 Å². The first-order valence-corrected chi connectivity index (χ1v) is 9.33. The van der Waals surface area contributed by atoms with Crippen LogP contribution in [0, 0.1) is 0 Å². The molecule has 1 unspecified atom stereocenters. The third-order valence-corrected chi connectivity index (χ3v) is 5.63. The lowest BCUT2D eigenvalue weighted by atomic mass is 10.1. The third kappa shape index (κ3) is 3.69. The Bertz CT molecular complexity index is 796. The summed E-state index contributed by atoms with van der Waals surface area (Å²) in [7, 11) is 0. The topological polar surface area (TPSA) is 81.4 Å². The van der Waals surface area contributed by atoms with Crippen molar-refractivity contribution in [3.8, 4) is 5.75 Å². The van der Waals surface area contributed by atoms with Gasteiger partial charge in [-0.1, -0.05) is 6.92 Å². The highest BCUT2D eigenvalue weighted by Crippen LogP contribution is 2.39. The number of fused-ring (bicyclic) bond motifs is 1. The van der Waals surface area contributed by atoms with Crippen molar-refractivity contribution in [3.63, 3.8) is 0 Å². The fourth-order valence-corrected chi connectivity index (χ4v) is 4.22. The molecule has 1 aromatic carbocycles. The molecule has 1 atom stereocenters. The summed E-state index contributed by atoms with van der Waals surface area (Å²) in [5.41, 5.74) is 7.52. The molecule has 5 nitrogen and oxygen atoms in total. The minimum absolute atomic E-state index is 0.131. The van der Waals surface area contributed by atoms with Gasteiger partial charge in [0, 0.05) is 10.4 Å². The molecule has 1 aliphatic carbocycles. The lowest BCUT2D eigenvalue weighted by Gasteiger charge is -2.12. The number of rotatable bonds is 6. The van der Waals surface area contributed by atoms with Crippen molar-refractivity contribution in [2.45, 2.75) is 45.6 Å². The minimum Gasteiger partial charge on any atom is -0.491 e. The zero-order valence-corrected chi connectivity index (χ0v) is 15.2. The molecular weight excluding hydrogens is 336 g/mol. The van der Waals surface area contributed by atoms with E-state index in [4.69, 9.17) is 10.5 Å². The molecule has 6 heteroatoms. The molecule has 0 saturated heterocycles. The van der Waals surface area contributed by atoms with Gasteiger partial charge in [-0.3, -0.25) is 9.59 Å². The number of nitrogens with one attached hydrogen (secondary N) is 1. The van der Waals surface area contributed by atoms with E-state index in [1.54, 1.807) is 24.3 Å². The number of aryl methyl sites for hydroxylation is 1. The first-order valence-electron chi connectivity index (χ1n) is 8.52. The number of amides is 2. The molecule has 0 spiro atoms. The molecule has 0 saturated carbocycles. The number of ether oxygens (including phenoxy) is 1. The van der Waals surface area contributed by atoms with E-state index in [-0.39, 0.29) is 12.0 Å². The van der Waals surface area contributed by atoms with Crippen molar-refractivity contribution in [2.75, 3.05) is 5.32 Å². The van der Waals surface area contributed by atoms with Crippen molar-refractivity contribution in [1.82, 2.24) is 0 Å². The molecule has 1 heterocycles. The van der Waals surface area contributed by atoms with Crippen LogP contribution in [0.5, 0.6) is 5.75 Å². The van der Waals surface area contributed by atoms with E-state index in [1.165, 1.54) is 11.3 Å². The molecule has 3 N–H and O–H groups in total. The Balaban J connectivity index is 1.76. The van der Waals surface area contributed by atoms with Gasteiger partial charge >= 0.3 is 0 Å². The summed E-state index contributed by atoms with van der Waals surface area (Å²) in [6.45, 7) is 4.06. The van der Waals surface area contributed by atoms with Crippen molar-refractivity contribution in [1.29, 1.82) is 0 Å². The molecule has 25 heavy (non-hydrogen) atoms. The van der Waals surface area contributed by atoms with Gasteiger partial charge in [-0.15, -0.1) is 11.3 Å². The quantitative estimate of drug-likeness (QED) is 0.825. The van der Waals surface area contributed by atoms with Crippen molar-refractivity contribution in [2.24, 2.45) is 5.73 Å². The first kappa shape index (κ1) is 17.5. The number of hydrogen-bond donors (Lipinski definition) is 2. The third-order valence-electron chi connectivity index (χ3n) is 4.42. The van der Waals surface area contributed by atoms with Crippen molar-refractivity contribution >= 4 is 28.2 Å². The van der Waals surface area contributed by atoms with Crippen LogP contribution < -0.4 is 15.8 Å². The maximum absolute atomic E-state index is 12.5. The lowest BCUT2D eigenvalue weighted by Crippen LogP contribution is -2.18. The van der Waals surface area contributed by atoms with Crippen LogP contribution in [-0.4, -0.2) is 17.9 Å². The van der Waals surface area contributed by atoms with Crippen LogP contribution in [0.25, 0.3) is 0 Å². The lowest BCUT2D eigenvalue weighted by molar-refractivity contribution is 0.100. The van der Waals surface area contributed by atoms with Gasteiger partial charge in [-0.25, -0.2) is 0 Å². The number of anilines is 1. The van der Waals surface area contributed by atoms with Crippen LogP contribution in [0.4, 0.5) is 5.00 Å². The van der Waals surface area contributed by atoms with E-state index in [9.17, 15) is 9.59 Å². The van der Waals surface area contributed by atoms with E-state index in [1.807, 2.05) is 6.92 Å². The SMILES string of the molecule is CCC(C)Oc1ccc(C(=O)Nc2sc3c(c2C(N)=O)CCC3)cc1. The molecule has 0 radical (unpaired) electrons. The van der Waals surface area contributed by atoms with Crippen molar-refractivity contribution < 1.29 is 14.3 Å². The maximum Gasteiger partial charge on any atom is 0.256 e. The Morgan fingerprint density at radius 3 is 2.64 bits per heavy atom. The molecule has 2 aromatic rings. The van der Waals surface area contributed by atoms with Crippen LogP contribution >= 0.6 is 11.3 Å². The average molecular weight is 358 g/mol. The van der Waals surface area contributed by atoms with Gasteiger partial charge in [0.1, 0.15) is 10.8 Å². The highest BCUT2D eigenvalue weighted by molar-refractivity contribution is 7.17. The fourth-order valence-electron chi connectivity index (χ4n) is 2.93. The summed E-state index contributed by atoms with van der Waals surface area (Å²) in [6.07, 6.45) is 3.87. The maximum atomic E-state index is 12.5. The number of hydrogen-bond acceptors (Lipinski definition) is 4. The van der Waals surface area contributed by atoms with Gasteiger partial charge in [-0.2, -0.15) is 0 Å². The van der Waals surface area contributed by atoms with Crippen LogP contribution in [0.15, 0.2) is 24.3 Å². The molecule has 1 aromatic heterocycles. The molecular formula is C19H22N2O3S. The first-order chi connectivity index (χ1) is 12.0. The molecule has 0 bridgehead atoms. The predicted octanol–water partition coefficient (Wildman–Crippen LogP) is 3.77. The highest BCUT2D eigenvalue weighted by Gasteiger charge is 2.26. The second-order valence-corrected chi connectivity index (χ2v) is 7.35. The fraction of sp³-hybridized carbons (Fsp3) is 0.368. The largest absolute Gasteiger partial charge is 0.491 e. The molecule has 0 aliphatic heterocycles. The number of primary amides is 1. The van der Waals surface area contributed by atoms with Crippen LogP contribution in [0.3, 0.4) is 0 Å². The number of carbonyl (C=O) groups is 2. The summed E-state index contributed by atoms with van der Waals surface area (Å²) in [5, 5.41) is 3.40. The molecule has 2 amide bonds. The molecule has 132 valence electrons. The molecule has 1 aliphatic rings. The van der Waals surface area contributed by atoms with Gasteiger partial charge < -0.3 is 15.8 Å². The number of thiophene rings is 1. The Labute approximate surface area is 151 Å². The normalized spacial score (nSPS) is 14.0. The zero-order chi connectivity index (χ0) is 18.0. The smallest absolute Gasteiger partial charge is 0.256 e. The highest BCUT2D eigenvalue weighted by atomic mass is 32.1. The minimum atomic E-state index is -0.480. The monoisotopic (exact) mass is 358 g/mol. The summed E-state index contributed by atoms with van der Waals surface area (Å²) in [5.74, 6) is 0.00309. The summed E-state index contributed by atoms with van der Waals surface area (Å²) < 4.78 is 5.72. The average Bonchev–Trinajstić information content (AvgIpc) is 3.15. The Hall–Kier alpha value is -2.34. The van der Waals surface area contributed by atoms with Crippen LogP contribution in [-0.2, 0) is 12.8 Å². The standard InChI is InChI=1S/C19H22N2O3S/c1-3-11(2)24-13-9-7-12(8-10-13)18(23)21-19-16(17(20)22)14-5-4-6-15(14)25-19/h7-11H,3-6H2,1-2H3,(H2,20,22)(H,21,23). The van der Waals surface area contributed by atoms with E-state index >= 15 is 0 Å². The van der Waals surface area contributed by atoms with Crippen LogP contribution in [0.1, 0.15) is 57.8 Å². The van der Waals surface area contributed by atoms with E-state index in [0.717, 1.165) is 41.9 Å². The molecule has 3 rings (SSSR count).